The van der Waals surface area contributed by atoms with E-state index >= 15 is 0 Å². The molecule has 0 aliphatic heterocycles. The molecule has 4 N–H and O–H groups in total. The van der Waals surface area contributed by atoms with E-state index in [1.165, 1.54) is 21.5 Å². The van der Waals surface area contributed by atoms with Crippen LogP contribution in [-0.4, -0.2) is 51.9 Å². The summed E-state index contributed by atoms with van der Waals surface area (Å²) in [5, 5.41) is 63.4. The fourth-order valence-electron chi connectivity index (χ4n) is 4.44. The molecule has 6 rings (SSSR count). The van der Waals surface area contributed by atoms with Gasteiger partial charge in [0.1, 0.15) is 11.4 Å². The van der Waals surface area contributed by atoms with Gasteiger partial charge in [0.2, 0.25) is 11.8 Å². The van der Waals surface area contributed by atoms with Crippen molar-refractivity contribution in [2.24, 2.45) is 20.5 Å². The number of carboxylic acids is 2. The van der Waals surface area contributed by atoms with Crippen LogP contribution in [0.1, 0.15) is 41.0 Å². The number of aromatic hydroxyl groups is 2. The monoisotopic (exact) mass is 720 g/mol. The van der Waals surface area contributed by atoms with Crippen LogP contribution in [-0.2, 0) is 16.8 Å². The van der Waals surface area contributed by atoms with Crippen molar-refractivity contribution in [3.05, 3.63) is 132 Å². The number of hydrogen-bond donors (Lipinski definition) is 4. The Morgan fingerprint density at radius 1 is 0.560 bits per heavy atom. The van der Waals surface area contributed by atoms with Crippen LogP contribution in [0.3, 0.4) is 0 Å². The molecule has 0 aliphatic rings. The first-order valence-electron chi connectivity index (χ1n) is 14.3. The summed E-state index contributed by atoms with van der Waals surface area (Å²) in [7, 11) is 0. The van der Waals surface area contributed by atoms with E-state index in [0.717, 1.165) is 0 Å². The molecule has 0 unspecified atom stereocenters. The molecule has 50 heavy (non-hydrogen) atoms. The Balaban J connectivity index is 0.000000334. The second-order valence-electron chi connectivity index (χ2n) is 10.1. The first kappa shape index (κ1) is 38.0. The normalized spacial score (nSPS) is 10.6. The predicted molar refractivity (Wildman–Crippen MR) is 183 cm³/mol. The molecule has 0 bridgehead atoms. The van der Waals surface area contributed by atoms with Crippen LogP contribution >= 0.6 is 0 Å². The summed E-state index contributed by atoms with van der Waals surface area (Å²) < 4.78 is 2.71. The Labute approximate surface area is 298 Å². The summed E-state index contributed by atoms with van der Waals surface area (Å²) in [5.74, 6) is -2.50. The summed E-state index contributed by atoms with van der Waals surface area (Å²) in [6.07, 6.45) is 0. The number of nitrogens with zero attached hydrogens (tertiary/aromatic N) is 8. The van der Waals surface area contributed by atoms with Crippen LogP contribution in [0.5, 0.6) is 11.8 Å². The Bertz CT molecular complexity index is 2000. The number of azo groups is 2. The van der Waals surface area contributed by atoms with Crippen molar-refractivity contribution in [3.8, 4) is 23.1 Å². The maximum atomic E-state index is 11.2. The Kier molecular flexibility index (Phi) is 13.0. The van der Waals surface area contributed by atoms with Gasteiger partial charge in [0.15, 0.2) is 11.4 Å². The van der Waals surface area contributed by atoms with Crippen LogP contribution in [0.4, 0.5) is 22.7 Å². The van der Waals surface area contributed by atoms with Gasteiger partial charge in [-0.1, -0.05) is 68.1 Å². The van der Waals surface area contributed by atoms with Gasteiger partial charge < -0.3 is 20.4 Å². The molecule has 2 heterocycles. The quantitative estimate of drug-likeness (QED) is 0.112. The molecule has 0 fully saturated rings. The van der Waals surface area contributed by atoms with E-state index < -0.39 is 11.9 Å². The number of carboxylic acid groups (broad SMARTS) is 2. The molecule has 6 aromatic rings. The Morgan fingerprint density at radius 2 is 0.880 bits per heavy atom. The zero-order valence-corrected chi connectivity index (χ0v) is 26.9. The summed E-state index contributed by atoms with van der Waals surface area (Å²) in [4.78, 5) is 22.4. The van der Waals surface area contributed by atoms with E-state index in [1.54, 1.807) is 74.5 Å². The molecule has 257 valence electrons. The molecule has 1 radical (unpaired) electrons. The third-order valence-electron chi connectivity index (χ3n) is 6.80. The van der Waals surface area contributed by atoms with Crippen molar-refractivity contribution in [2.45, 2.75) is 21.3 Å². The first-order valence-corrected chi connectivity index (χ1v) is 14.3. The van der Waals surface area contributed by atoms with E-state index in [9.17, 15) is 19.8 Å². The molecule has 0 aliphatic carbocycles. The van der Waals surface area contributed by atoms with Gasteiger partial charge >= 0.3 is 13.4 Å². The van der Waals surface area contributed by atoms with Crippen molar-refractivity contribution in [1.82, 2.24) is 19.6 Å². The average molecular weight is 721 g/mol. The predicted octanol–water partition coefficient (Wildman–Crippen LogP) is 8.75. The molecule has 0 saturated heterocycles. The molecule has 0 amide bonds. The number of carbonyl (C=O) groups is 2. The van der Waals surface area contributed by atoms with E-state index in [-0.39, 0.29) is 71.3 Å². The number of aryl methyl sites for hydroxylation is 2. The van der Waals surface area contributed by atoms with Crippen LogP contribution < -0.4 is 0 Å². The van der Waals surface area contributed by atoms with Crippen molar-refractivity contribution < 1.29 is 48.2 Å². The standard InChI is InChI=1S/2C17H14N4O3.CH4.Co/c2*1-11-15(16(22)21(20-11)12-7-3-2-4-8-12)19-18-14-10-6-5-9-13(14)17(23)24;;/h2*2-10,22H,1H3,(H,23,24);1H4;/p+1. The minimum absolute atomic E-state index is 0. The van der Waals surface area contributed by atoms with Crippen molar-refractivity contribution in [1.29, 1.82) is 0 Å². The van der Waals surface area contributed by atoms with Crippen molar-refractivity contribution in [3.63, 3.8) is 0 Å². The molecular formula is C35H33CoN8O6+. The van der Waals surface area contributed by atoms with Crippen LogP contribution in [0.2, 0.25) is 0 Å². The fraction of sp³-hybridized carbons (Fsp3) is 0.0857. The minimum Gasteiger partial charge on any atom is -0.492 e. The molecule has 0 saturated carbocycles. The van der Waals surface area contributed by atoms with E-state index in [4.69, 9.17) is 10.2 Å². The van der Waals surface area contributed by atoms with Crippen LogP contribution in [0.15, 0.2) is 130 Å². The number of benzene rings is 4. The summed E-state index contributed by atoms with van der Waals surface area (Å²) in [5.41, 5.74) is 3.20. The van der Waals surface area contributed by atoms with Gasteiger partial charge in [-0.15, -0.1) is 20.5 Å². The van der Waals surface area contributed by atoms with Gasteiger partial charge in [0.25, 0.3) is 0 Å². The van der Waals surface area contributed by atoms with Crippen molar-refractivity contribution >= 4 is 34.7 Å². The van der Waals surface area contributed by atoms with E-state index in [1.807, 2.05) is 36.4 Å². The topological polar surface area (TPSA) is 200 Å². The molecule has 0 spiro atoms. The molecule has 4 aromatic carbocycles. The molecular weight excluding hydrogens is 687 g/mol. The summed E-state index contributed by atoms with van der Waals surface area (Å²) in [6, 6.07) is 30.8. The minimum atomic E-state index is -1.09. The van der Waals surface area contributed by atoms with E-state index in [0.29, 0.717) is 22.8 Å². The Morgan fingerprint density at radius 3 is 1.22 bits per heavy atom. The SMILES string of the molecule is C.Cc1nn(-c2ccccc2)c(O)c1N=Nc1ccccc1C(=O)O.Cc1nn(-c2ccccc2)c(O)c1N=Nc1ccccc1C(=O)O.[Co].[H+]. The van der Waals surface area contributed by atoms with Gasteiger partial charge in [-0.25, -0.2) is 9.59 Å². The second-order valence-corrected chi connectivity index (χ2v) is 10.1. The largest absolute Gasteiger partial charge is 1.00 e. The number of hydrogen-bond acceptors (Lipinski definition) is 10. The molecule has 0 atom stereocenters. The maximum absolute atomic E-state index is 11.2. The van der Waals surface area contributed by atoms with Crippen molar-refractivity contribution in [2.75, 3.05) is 0 Å². The Hall–Kier alpha value is -6.45. The number of para-hydroxylation sites is 2. The fourth-order valence-corrected chi connectivity index (χ4v) is 4.44. The third kappa shape index (κ3) is 8.52. The second kappa shape index (κ2) is 17.1. The molecule has 2 aromatic heterocycles. The third-order valence-corrected chi connectivity index (χ3v) is 6.80. The zero-order chi connectivity index (χ0) is 34.2. The van der Waals surface area contributed by atoms with Crippen LogP contribution in [0.25, 0.3) is 11.4 Å². The first-order chi connectivity index (χ1) is 23.2. The smallest absolute Gasteiger partial charge is 0.492 e. The summed E-state index contributed by atoms with van der Waals surface area (Å²) in [6.45, 7) is 3.38. The maximum Gasteiger partial charge on any atom is 1.00 e. The van der Waals surface area contributed by atoms with Crippen LogP contribution in [0, 0.1) is 13.8 Å². The number of aromatic carboxylic acids is 2. The van der Waals surface area contributed by atoms with Gasteiger partial charge in [-0.3, -0.25) is 0 Å². The van der Waals surface area contributed by atoms with Gasteiger partial charge in [-0.2, -0.15) is 19.6 Å². The van der Waals surface area contributed by atoms with Gasteiger partial charge in [0, 0.05) is 16.8 Å². The van der Waals surface area contributed by atoms with Gasteiger partial charge in [-0.05, 0) is 62.4 Å². The molecule has 15 heteroatoms. The van der Waals surface area contributed by atoms with E-state index in [2.05, 4.69) is 30.7 Å². The number of aromatic nitrogens is 4. The number of rotatable bonds is 8. The zero-order valence-electron chi connectivity index (χ0n) is 26.9. The summed E-state index contributed by atoms with van der Waals surface area (Å²) >= 11 is 0. The molecule has 14 nitrogen and oxygen atoms in total. The average Bonchev–Trinajstić information content (AvgIpc) is 3.55. The van der Waals surface area contributed by atoms with Gasteiger partial charge in [0.05, 0.1) is 33.9 Å².